The van der Waals surface area contributed by atoms with E-state index in [2.05, 4.69) is 5.32 Å². The highest BCUT2D eigenvalue weighted by atomic mass is 32.2. The Hall–Kier alpha value is -3.46. The number of fused-ring (bicyclic) bond motifs is 1. The zero-order chi connectivity index (χ0) is 22.3. The standard InChI is InChI=1S/C22H17F2N3O3S/c1-12-15(14-5-3-4-6-18(14)26(12)2)10-19-21(29)27(22(30)31-19)11-20(28)25-17-8-7-13(23)9-16(17)24/h3-10H,11H2,1-2H3,(H,25,28)/b19-10+. The number of aryl methyl sites for hydroxylation is 1. The molecule has 1 fully saturated rings. The molecule has 1 aliphatic rings. The minimum Gasteiger partial charge on any atom is -0.347 e. The van der Waals surface area contributed by atoms with Crippen molar-refractivity contribution in [1.82, 2.24) is 9.47 Å². The van der Waals surface area contributed by atoms with Gasteiger partial charge in [-0.05, 0) is 43.0 Å². The van der Waals surface area contributed by atoms with Crippen molar-refractivity contribution in [3.63, 3.8) is 0 Å². The maximum absolute atomic E-state index is 13.7. The lowest BCUT2D eigenvalue weighted by Gasteiger charge is -2.12. The molecule has 1 aromatic heterocycles. The van der Waals surface area contributed by atoms with E-state index in [1.165, 1.54) is 0 Å². The summed E-state index contributed by atoms with van der Waals surface area (Å²) in [5.74, 6) is -3.10. The van der Waals surface area contributed by atoms with E-state index in [4.69, 9.17) is 0 Å². The fourth-order valence-corrected chi connectivity index (χ4v) is 4.24. The third-order valence-electron chi connectivity index (χ3n) is 5.10. The minimum absolute atomic E-state index is 0.199. The lowest BCUT2D eigenvalue weighted by molar-refractivity contribution is -0.127. The number of halogens is 2. The monoisotopic (exact) mass is 441 g/mol. The molecule has 3 aromatic rings. The number of rotatable bonds is 4. The minimum atomic E-state index is -0.950. The molecule has 9 heteroatoms. The Morgan fingerprint density at radius 1 is 1.16 bits per heavy atom. The van der Waals surface area contributed by atoms with Gasteiger partial charge in [-0.2, -0.15) is 0 Å². The number of hydrogen-bond donors (Lipinski definition) is 1. The number of carbonyl (C=O) groups excluding carboxylic acids is 3. The largest absolute Gasteiger partial charge is 0.347 e. The predicted molar refractivity (Wildman–Crippen MR) is 115 cm³/mol. The highest BCUT2D eigenvalue weighted by Gasteiger charge is 2.36. The summed E-state index contributed by atoms with van der Waals surface area (Å²) in [6.07, 6.45) is 1.65. The quantitative estimate of drug-likeness (QED) is 0.608. The number of anilines is 1. The van der Waals surface area contributed by atoms with Crippen LogP contribution in [0, 0.1) is 18.6 Å². The lowest BCUT2D eigenvalue weighted by atomic mass is 10.1. The van der Waals surface area contributed by atoms with E-state index in [9.17, 15) is 23.2 Å². The molecule has 3 amide bonds. The number of amides is 3. The first-order valence-electron chi connectivity index (χ1n) is 9.30. The van der Waals surface area contributed by atoms with Crippen LogP contribution in [0.15, 0.2) is 47.4 Å². The van der Waals surface area contributed by atoms with E-state index in [-0.39, 0.29) is 10.6 Å². The van der Waals surface area contributed by atoms with Crippen molar-refractivity contribution in [2.75, 3.05) is 11.9 Å². The van der Waals surface area contributed by atoms with Gasteiger partial charge < -0.3 is 9.88 Å². The van der Waals surface area contributed by atoms with Gasteiger partial charge in [-0.1, -0.05) is 18.2 Å². The molecule has 6 nitrogen and oxygen atoms in total. The highest BCUT2D eigenvalue weighted by Crippen LogP contribution is 2.35. The van der Waals surface area contributed by atoms with Gasteiger partial charge >= 0.3 is 0 Å². The number of nitrogens with zero attached hydrogens (tertiary/aromatic N) is 2. The van der Waals surface area contributed by atoms with E-state index in [0.29, 0.717) is 6.07 Å². The average Bonchev–Trinajstić information content (AvgIpc) is 3.13. The normalized spacial score (nSPS) is 15.4. The van der Waals surface area contributed by atoms with Gasteiger partial charge in [0.2, 0.25) is 5.91 Å². The first kappa shape index (κ1) is 20.8. The van der Waals surface area contributed by atoms with Crippen molar-refractivity contribution in [3.05, 3.63) is 70.3 Å². The fourth-order valence-electron chi connectivity index (χ4n) is 3.42. The predicted octanol–water partition coefficient (Wildman–Crippen LogP) is 4.44. The molecule has 0 atom stereocenters. The van der Waals surface area contributed by atoms with Gasteiger partial charge in [0, 0.05) is 35.3 Å². The van der Waals surface area contributed by atoms with E-state index < -0.39 is 35.2 Å². The van der Waals surface area contributed by atoms with E-state index in [1.54, 1.807) is 6.08 Å². The smallest absolute Gasteiger partial charge is 0.294 e. The molecule has 1 saturated heterocycles. The number of carbonyl (C=O) groups is 3. The van der Waals surface area contributed by atoms with Crippen LogP contribution >= 0.6 is 11.8 Å². The Balaban J connectivity index is 1.56. The van der Waals surface area contributed by atoms with Crippen molar-refractivity contribution >= 4 is 51.5 Å². The van der Waals surface area contributed by atoms with Gasteiger partial charge in [-0.3, -0.25) is 19.3 Å². The summed E-state index contributed by atoms with van der Waals surface area (Å²) < 4.78 is 28.7. The second kappa shape index (κ2) is 7.99. The maximum Gasteiger partial charge on any atom is 0.294 e. The Kier molecular flexibility index (Phi) is 5.36. The molecule has 2 heterocycles. The summed E-state index contributed by atoms with van der Waals surface area (Å²) in [4.78, 5) is 38.4. The summed E-state index contributed by atoms with van der Waals surface area (Å²) in [7, 11) is 1.92. The molecule has 158 valence electrons. The molecule has 4 rings (SSSR count). The second-order valence-electron chi connectivity index (χ2n) is 7.02. The van der Waals surface area contributed by atoms with Crippen LogP contribution in [0.25, 0.3) is 17.0 Å². The maximum atomic E-state index is 13.7. The fraction of sp³-hybridized carbons (Fsp3) is 0.136. The van der Waals surface area contributed by atoms with Crippen LogP contribution in [0.2, 0.25) is 0 Å². The molecule has 0 spiro atoms. The summed E-state index contributed by atoms with van der Waals surface area (Å²) in [5, 5.41) is 2.60. The molecule has 0 unspecified atom stereocenters. The van der Waals surface area contributed by atoms with Crippen LogP contribution in [0.5, 0.6) is 0 Å². The number of aromatic nitrogens is 1. The van der Waals surface area contributed by atoms with Gasteiger partial charge in [0.15, 0.2) is 0 Å². The van der Waals surface area contributed by atoms with Crippen LogP contribution in [0.4, 0.5) is 19.3 Å². The van der Waals surface area contributed by atoms with E-state index in [0.717, 1.165) is 51.0 Å². The number of hydrogen-bond acceptors (Lipinski definition) is 4. The number of nitrogens with one attached hydrogen (secondary N) is 1. The zero-order valence-electron chi connectivity index (χ0n) is 16.6. The number of imide groups is 1. The van der Waals surface area contributed by atoms with Gasteiger partial charge in [0.1, 0.15) is 18.2 Å². The molecule has 0 bridgehead atoms. The summed E-state index contributed by atoms with van der Waals surface area (Å²) in [6, 6.07) is 10.4. The van der Waals surface area contributed by atoms with Crippen LogP contribution < -0.4 is 5.32 Å². The van der Waals surface area contributed by atoms with Crippen LogP contribution in [0.3, 0.4) is 0 Å². The molecule has 0 saturated carbocycles. The first-order valence-corrected chi connectivity index (χ1v) is 10.1. The Morgan fingerprint density at radius 3 is 2.65 bits per heavy atom. The molecule has 1 aliphatic heterocycles. The van der Waals surface area contributed by atoms with Gasteiger partial charge in [-0.25, -0.2) is 8.78 Å². The van der Waals surface area contributed by atoms with Crippen molar-refractivity contribution < 1.29 is 23.2 Å². The lowest BCUT2D eigenvalue weighted by Crippen LogP contribution is -2.36. The number of thioether (sulfide) groups is 1. The van der Waals surface area contributed by atoms with Crippen molar-refractivity contribution in [3.8, 4) is 0 Å². The first-order chi connectivity index (χ1) is 14.8. The molecular weight excluding hydrogens is 424 g/mol. The average molecular weight is 441 g/mol. The number of benzene rings is 2. The van der Waals surface area contributed by atoms with E-state index >= 15 is 0 Å². The number of para-hydroxylation sites is 1. The van der Waals surface area contributed by atoms with Crippen LogP contribution in [-0.4, -0.2) is 33.1 Å². The zero-order valence-corrected chi connectivity index (χ0v) is 17.4. The highest BCUT2D eigenvalue weighted by molar-refractivity contribution is 8.18. The molecule has 0 aliphatic carbocycles. The second-order valence-corrected chi connectivity index (χ2v) is 8.01. The molecular formula is C22H17F2N3O3S. The third-order valence-corrected chi connectivity index (χ3v) is 6.01. The van der Waals surface area contributed by atoms with Gasteiger partial charge in [0.25, 0.3) is 11.1 Å². The van der Waals surface area contributed by atoms with Crippen LogP contribution in [0.1, 0.15) is 11.3 Å². The molecule has 1 N–H and O–H groups in total. The van der Waals surface area contributed by atoms with Crippen molar-refractivity contribution in [2.24, 2.45) is 7.05 Å². The van der Waals surface area contributed by atoms with Gasteiger partial charge in [-0.15, -0.1) is 0 Å². The summed E-state index contributed by atoms with van der Waals surface area (Å²) >= 11 is 0.742. The Labute approximate surface area is 180 Å². The van der Waals surface area contributed by atoms with E-state index in [1.807, 2.05) is 42.8 Å². The van der Waals surface area contributed by atoms with Crippen molar-refractivity contribution in [2.45, 2.75) is 6.92 Å². The SMILES string of the molecule is Cc1c(/C=C2/SC(=O)N(CC(=O)Nc3ccc(F)cc3F)C2=O)c2ccccc2n1C. The summed E-state index contributed by atoms with van der Waals surface area (Å²) in [5.41, 5.74) is 2.51. The molecule has 2 aromatic carbocycles. The summed E-state index contributed by atoms with van der Waals surface area (Å²) in [6.45, 7) is 1.34. The van der Waals surface area contributed by atoms with Crippen LogP contribution in [-0.2, 0) is 16.6 Å². The van der Waals surface area contributed by atoms with Crippen molar-refractivity contribution in [1.29, 1.82) is 0 Å². The molecule has 31 heavy (non-hydrogen) atoms. The Bertz CT molecular complexity index is 1280. The van der Waals surface area contributed by atoms with Gasteiger partial charge in [0.05, 0.1) is 10.6 Å². The Morgan fingerprint density at radius 2 is 1.90 bits per heavy atom. The topological polar surface area (TPSA) is 71.4 Å². The molecule has 0 radical (unpaired) electrons. The third kappa shape index (κ3) is 3.84.